The van der Waals surface area contributed by atoms with E-state index in [1.807, 2.05) is 6.08 Å². The fraction of sp³-hybridized carbons (Fsp3) is 0.429. The van der Waals surface area contributed by atoms with Gasteiger partial charge in [0.05, 0.1) is 0 Å². The Balaban J connectivity index is 1.53. The smallest absolute Gasteiger partial charge is 0.0249 e. The average Bonchev–Trinajstić information content (AvgIpc) is 2.76. The zero-order chi connectivity index (χ0) is 19.6. The molecule has 1 aliphatic carbocycles. The standard InChI is InChI=1S/C28H34/c1-3-5-6-7-8-24-9-11-25(12-10-24)13-14-26-17-21-28(22-18-26)27-19-15-23(4-2)16-20-27/h3,9-12,17-18,21-23,27H,1,4-8,15-16,19-20H2,2H3. The van der Waals surface area contributed by atoms with Crippen molar-refractivity contribution in [2.45, 2.75) is 70.6 Å². The molecule has 0 aromatic heterocycles. The number of unbranched alkanes of at least 4 members (excludes halogenated alkanes) is 2. The van der Waals surface area contributed by atoms with Gasteiger partial charge in [0, 0.05) is 11.1 Å². The first-order valence-electron chi connectivity index (χ1n) is 11.1. The van der Waals surface area contributed by atoms with Crippen molar-refractivity contribution in [3.05, 3.63) is 83.4 Å². The number of hydrogen-bond acceptors (Lipinski definition) is 0. The number of hydrogen-bond donors (Lipinski definition) is 0. The molecule has 0 spiro atoms. The van der Waals surface area contributed by atoms with Gasteiger partial charge in [0.2, 0.25) is 0 Å². The first-order valence-corrected chi connectivity index (χ1v) is 11.1. The Labute approximate surface area is 172 Å². The van der Waals surface area contributed by atoms with E-state index in [1.54, 1.807) is 0 Å². The summed E-state index contributed by atoms with van der Waals surface area (Å²) < 4.78 is 0. The van der Waals surface area contributed by atoms with Crippen LogP contribution < -0.4 is 0 Å². The van der Waals surface area contributed by atoms with Crippen LogP contribution in [0.3, 0.4) is 0 Å². The Bertz CT molecular complexity index is 775. The van der Waals surface area contributed by atoms with E-state index in [2.05, 4.69) is 73.9 Å². The van der Waals surface area contributed by atoms with Crippen LogP contribution in [-0.4, -0.2) is 0 Å². The summed E-state index contributed by atoms with van der Waals surface area (Å²) in [5.74, 6) is 8.35. The molecule has 0 unspecified atom stereocenters. The summed E-state index contributed by atoms with van der Waals surface area (Å²) >= 11 is 0. The largest absolute Gasteiger partial charge is 0.103 e. The summed E-state index contributed by atoms with van der Waals surface area (Å²) in [6.45, 7) is 6.11. The Morgan fingerprint density at radius 1 is 0.857 bits per heavy atom. The van der Waals surface area contributed by atoms with E-state index in [-0.39, 0.29) is 0 Å². The Morgan fingerprint density at radius 3 is 2.04 bits per heavy atom. The number of aryl methyl sites for hydroxylation is 1. The van der Waals surface area contributed by atoms with E-state index in [9.17, 15) is 0 Å². The molecule has 0 amide bonds. The van der Waals surface area contributed by atoms with Crippen molar-refractivity contribution in [3.8, 4) is 11.8 Å². The quantitative estimate of drug-likeness (QED) is 0.266. The summed E-state index contributed by atoms with van der Waals surface area (Å²) in [6, 6.07) is 17.7. The maximum absolute atomic E-state index is 3.78. The van der Waals surface area contributed by atoms with Crippen molar-refractivity contribution < 1.29 is 0 Å². The third-order valence-electron chi connectivity index (χ3n) is 6.24. The lowest BCUT2D eigenvalue weighted by Gasteiger charge is -2.28. The molecular weight excluding hydrogens is 336 g/mol. The molecule has 146 valence electrons. The zero-order valence-corrected chi connectivity index (χ0v) is 17.4. The van der Waals surface area contributed by atoms with E-state index in [0.717, 1.165) is 35.8 Å². The highest BCUT2D eigenvalue weighted by Gasteiger charge is 2.20. The predicted octanol–water partition coefficient (Wildman–Crippen LogP) is 7.67. The fourth-order valence-electron chi connectivity index (χ4n) is 4.26. The molecule has 0 bridgehead atoms. The Hall–Kier alpha value is -2.26. The molecule has 1 fully saturated rings. The van der Waals surface area contributed by atoms with Crippen molar-refractivity contribution >= 4 is 0 Å². The second-order valence-corrected chi connectivity index (χ2v) is 8.23. The van der Waals surface area contributed by atoms with E-state index < -0.39 is 0 Å². The van der Waals surface area contributed by atoms with Gasteiger partial charge in [-0.3, -0.25) is 0 Å². The molecule has 0 radical (unpaired) electrons. The molecule has 0 saturated heterocycles. The van der Waals surface area contributed by atoms with Crippen LogP contribution in [0, 0.1) is 17.8 Å². The Kier molecular flexibility index (Phi) is 7.98. The molecule has 0 aliphatic heterocycles. The van der Waals surface area contributed by atoms with Crippen molar-refractivity contribution in [3.63, 3.8) is 0 Å². The minimum absolute atomic E-state index is 0.754. The van der Waals surface area contributed by atoms with E-state index in [4.69, 9.17) is 0 Å². The van der Waals surface area contributed by atoms with Crippen LogP contribution in [0.5, 0.6) is 0 Å². The van der Waals surface area contributed by atoms with Gasteiger partial charge in [-0.15, -0.1) is 6.58 Å². The molecule has 2 aromatic carbocycles. The maximum Gasteiger partial charge on any atom is 0.0249 e. The van der Waals surface area contributed by atoms with Crippen LogP contribution in [0.25, 0.3) is 0 Å². The molecule has 0 nitrogen and oxygen atoms in total. The molecule has 0 heterocycles. The van der Waals surface area contributed by atoms with Gasteiger partial charge in [0.25, 0.3) is 0 Å². The summed E-state index contributed by atoms with van der Waals surface area (Å²) in [5, 5.41) is 0. The van der Waals surface area contributed by atoms with Gasteiger partial charge in [-0.25, -0.2) is 0 Å². The molecule has 3 rings (SSSR count). The summed E-state index contributed by atoms with van der Waals surface area (Å²) in [6.07, 6.45) is 13.5. The van der Waals surface area contributed by atoms with Crippen LogP contribution in [0.4, 0.5) is 0 Å². The molecule has 2 aromatic rings. The first kappa shape index (κ1) is 20.5. The lowest BCUT2D eigenvalue weighted by atomic mass is 9.78. The van der Waals surface area contributed by atoms with Crippen molar-refractivity contribution in [2.75, 3.05) is 0 Å². The van der Waals surface area contributed by atoms with E-state index in [1.165, 1.54) is 56.1 Å². The molecule has 0 heteroatoms. The van der Waals surface area contributed by atoms with Gasteiger partial charge >= 0.3 is 0 Å². The van der Waals surface area contributed by atoms with Crippen molar-refractivity contribution in [1.82, 2.24) is 0 Å². The monoisotopic (exact) mass is 370 g/mol. The van der Waals surface area contributed by atoms with Crippen LogP contribution in [0.1, 0.15) is 86.5 Å². The van der Waals surface area contributed by atoms with Gasteiger partial charge in [0.15, 0.2) is 0 Å². The Morgan fingerprint density at radius 2 is 1.46 bits per heavy atom. The molecule has 28 heavy (non-hydrogen) atoms. The van der Waals surface area contributed by atoms with Crippen molar-refractivity contribution in [1.29, 1.82) is 0 Å². The maximum atomic E-state index is 3.78. The SMILES string of the molecule is C=CCCCCc1ccc(C#Cc2ccc(C3CCC(CC)CC3)cc2)cc1. The number of allylic oxidation sites excluding steroid dienone is 1. The second-order valence-electron chi connectivity index (χ2n) is 8.23. The van der Waals surface area contributed by atoms with Gasteiger partial charge in [-0.1, -0.05) is 55.5 Å². The first-order chi connectivity index (χ1) is 13.8. The van der Waals surface area contributed by atoms with Gasteiger partial charge in [0.1, 0.15) is 0 Å². The summed E-state index contributed by atoms with van der Waals surface area (Å²) in [7, 11) is 0. The van der Waals surface area contributed by atoms with Crippen LogP contribution >= 0.6 is 0 Å². The lowest BCUT2D eigenvalue weighted by Crippen LogP contribution is -2.12. The van der Waals surface area contributed by atoms with Crippen molar-refractivity contribution in [2.24, 2.45) is 5.92 Å². The lowest BCUT2D eigenvalue weighted by molar-refractivity contribution is 0.319. The van der Waals surface area contributed by atoms with Crippen LogP contribution in [-0.2, 0) is 6.42 Å². The third kappa shape index (κ3) is 6.13. The van der Waals surface area contributed by atoms with Crippen LogP contribution in [0.2, 0.25) is 0 Å². The second kappa shape index (κ2) is 10.9. The molecule has 1 aliphatic rings. The highest BCUT2D eigenvalue weighted by Crippen LogP contribution is 2.36. The number of rotatable bonds is 7. The van der Waals surface area contributed by atoms with Gasteiger partial charge in [-0.2, -0.15) is 0 Å². The fourth-order valence-corrected chi connectivity index (χ4v) is 4.26. The minimum atomic E-state index is 0.754. The molecular formula is C28H34. The molecule has 0 N–H and O–H groups in total. The minimum Gasteiger partial charge on any atom is -0.103 e. The zero-order valence-electron chi connectivity index (χ0n) is 17.4. The van der Waals surface area contributed by atoms with E-state index in [0.29, 0.717) is 0 Å². The van der Waals surface area contributed by atoms with Gasteiger partial charge < -0.3 is 0 Å². The van der Waals surface area contributed by atoms with Gasteiger partial charge in [-0.05, 0) is 98.6 Å². The normalized spacial score (nSPS) is 18.9. The predicted molar refractivity (Wildman–Crippen MR) is 122 cm³/mol. The topological polar surface area (TPSA) is 0 Å². The highest BCUT2D eigenvalue weighted by atomic mass is 14.3. The average molecular weight is 371 g/mol. The van der Waals surface area contributed by atoms with Crippen LogP contribution in [0.15, 0.2) is 61.2 Å². The molecule has 0 atom stereocenters. The summed E-state index contributed by atoms with van der Waals surface area (Å²) in [5.41, 5.74) is 5.11. The summed E-state index contributed by atoms with van der Waals surface area (Å²) in [4.78, 5) is 0. The molecule has 1 saturated carbocycles. The third-order valence-corrected chi connectivity index (χ3v) is 6.24. The number of benzene rings is 2. The van der Waals surface area contributed by atoms with E-state index >= 15 is 0 Å². The highest BCUT2D eigenvalue weighted by molar-refractivity contribution is 5.44.